The molecule has 0 radical (unpaired) electrons. The number of nitrogens with zero attached hydrogens (tertiary/aromatic N) is 2. The molecule has 1 aromatic carbocycles. The van der Waals surface area contributed by atoms with Crippen LogP contribution in [0.15, 0.2) is 29.3 Å². The lowest BCUT2D eigenvalue weighted by atomic mass is 9.86. The van der Waals surface area contributed by atoms with Gasteiger partial charge in [-0.2, -0.15) is 0 Å². The minimum Gasteiger partial charge on any atom is -0.358 e. The Labute approximate surface area is 109 Å². The Kier molecular flexibility index (Phi) is 2.86. The van der Waals surface area contributed by atoms with E-state index in [4.69, 9.17) is 0 Å². The average Bonchev–Trinajstić information content (AvgIpc) is 2.99. The minimum absolute atomic E-state index is 0.114. The van der Waals surface area contributed by atoms with E-state index < -0.39 is 0 Å². The van der Waals surface area contributed by atoms with Crippen molar-refractivity contribution in [1.82, 2.24) is 10.2 Å². The van der Waals surface area contributed by atoms with Gasteiger partial charge in [0.15, 0.2) is 0 Å². The quantitative estimate of drug-likeness (QED) is 0.860. The first-order chi connectivity index (χ1) is 8.71. The number of aliphatic imine (C=N–C) groups is 1. The maximum absolute atomic E-state index is 4.66. The third kappa shape index (κ3) is 1.83. The molecular formula is C15H21N3. The van der Waals surface area contributed by atoms with Crippen LogP contribution in [0.2, 0.25) is 0 Å². The van der Waals surface area contributed by atoms with Crippen molar-refractivity contribution in [2.45, 2.75) is 25.3 Å². The maximum atomic E-state index is 4.66. The molecule has 1 saturated heterocycles. The summed E-state index contributed by atoms with van der Waals surface area (Å²) in [4.78, 5) is 6.93. The van der Waals surface area contributed by atoms with Gasteiger partial charge in [0.25, 0.3) is 0 Å². The Balaban J connectivity index is 2.05. The lowest BCUT2D eigenvalue weighted by molar-refractivity contribution is 0.433. The van der Waals surface area contributed by atoms with Crippen LogP contribution in [0.5, 0.6) is 0 Å². The molecule has 1 aromatic rings. The van der Waals surface area contributed by atoms with Gasteiger partial charge in [-0.25, -0.2) is 0 Å². The van der Waals surface area contributed by atoms with E-state index in [1.165, 1.54) is 24.0 Å². The molecule has 0 saturated carbocycles. The molecular weight excluding hydrogens is 222 g/mol. The highest BCUT2D eigenvalue weighted by Gasteiger charge is 2.33. The Morgan fingerprint density at radius 2 is 2.17 bits per heavy atom. The summed E-state index contributed by atoms with van der Waals surface area (Å²) in [6.07, 6.45) is 2.47. The van der Waals surface area contributed by atoms with Crippen LogP contribution in [0.1, 0.15) is 30.9 Å². The third-order valence-corrected chi connectivity index (χ3v) is 4.19. The number of hydrogen-bond acceptors (Lipinski definition) is 3. The van der Waals surface area contributed by atoms with E-state index in [2.05, 4.69) is 53.4 Å². The van der Waals surface area contributed by atoms with Crippen molar-refractivity contribution in [2.75, 3.05) is 26.7 Å². The fourth-order valence-corrected chi connectivity index (χ4v) is 3.11. The predicted octanol–water partition coefficient (Wildman–Crippen LogP) is 1.98. The largest absolute Gasteiger partial charge is 0.358 e. The molecule has 1 N–H and O–H groups in total. The lowest BCUT2D eigenvalue weighted by Crippen LogP contribution is -2.36. The molecule has 2 aliphatic rings. The third-order valence-electron chi connectivity index (χ3n) is 4.19. The molecule has 2 heterocycles. The van der Waals surface area contributed by atoms with Gasteiger partial charge in [0, 0.05) is 24.7 Å². The van der Waals surface area contributed by atoms with Crippen molar-refractivity contribution >= 4 is 5.84 Å². The SMILES string of the molecule is CN1CCN=C1c1ccccc1C1(C)CCCN1. The normalized spacial score (nSPS) is 27.7. The van der Waals surface area contributed by atoms with E-state index in [9.17, 15) is 0 Å². The first-order valence-corrected chi connectivity index (χ1v) is 6.81. The van der Waals surface area contributed by atoms with E-state index >= 15 is 0 Å². The standard InChI is InChI=1S/C15H21N3/c1-15(8-5-9-17-15)13-7-4-3-6-12(13)14-16-10-11-18(14)2/h3-4,6-7,17H,5,8-11H2,1-2H3. The zero-order chi connectivity index (χ0) is 12.6. The van der Waals surface area contributed by atoms with Crippen LogP contribution in [0.3, 0.4) is 0 Å². The molecule has 2 aliphatic heterocycles. The van der Waals surface area contributed by atoms with Gasteiger partial charge in [-0.05, 0) is 31.9 Å². The second kappa shape index (κ2) is 4.39. The molecule has 0 spiro atoms. The van der Waals surface area contributed by atoms with Crippen molar-refractivity contribution < 1.29 is 0 Å². The lowest BCUT2D eigenvalue weighted by Gasteiger charge is -2.29. The van der Waals surface area contributed by atoms with Gasteiger partial charge in [0.05, 0.1) is 6.54 Å². The highest BCUT2D eigenvalue weighted by molar-refractivity contribution is 6.01. The summed E-state index contributed by atoms with van der Waals surface area (Å²) < 4.78 is 0. The zero-order valence-corrected chi connectivity index (χ0v) is 11.2. The molecule has 1 fully saturated rings. The number of hydrogen-bond donors (Lipinski definition) is 1. The van der Waals surface area contributed by atoms with Gasteiger partial charge in [0.2, 0.25) is 0 Å². The molecule has 1 atom stereocenters. The zero-order valence-electron chi connectivity index (χ0n) is 11.2. The molecule has 0 aliphatic carbocycles. The van der Waals surface area contributed by atoms with Crippen LogP contribution >= 0.6 is 0 Å². The molecule has 3 heteroatoms. The first kappa shape index (κ1) is 11.7. The highest BCUT2D eigenvalue weighted by Crippen LogP contribution is 2.33. The number of rotatable bonds is 2. The van der Waals surface area contributed by atoms with Crippen molar-refractivity contribution in [3.8, 4) is 0 Å². The van der Waals surface area contributed by atoms with E-state index in [1.54, 1.807) is 0 Å². The van der Waals surface area contributed by atoms with Gasteiger partial charge >= 0.3 is 0 Å². The van der Waals surface area contributed by atoms with Crippen LogP contribution in [-0.4, -0.2) is 37.4 Å². The predicted molar refractivity (Wildman–Crippen MR) is 75.1 cm³/mol. The average molecular weight is 243 g/mol. The molecule has 18 heavy (non-hydrogen) atoms. The van der Waals surface area contributed by atoms with Gasteiger partial charge < -0.3 is 10.2 Å². The number of amidine groups is 1. The molecule has 3 rings (SSSR count). The number of benzene rings is 1. The monoisotopic (exact) mass is 243 g/mol. The Morgan fingerprint density at radius 1 is 1.33 bits per heavy atom. The van der Waals surface area contributed by atoms with Crippen molar-refractivity contribution in [3.05, 3.63) is 35.4 Å². The fraction of sp³-hybridized carbons (Fsp3) is 0.533. The van der Waals surface area contributed by atoms with Crippen molar-refractivity contribution in [2.24, 2.45) is 4.99 Å². The summed E-state index contributed by atoms with van der Waals surface area (Å²) in [5, 5.41) is 3.65. The van der Waals surface area contributed by atoms with Crippen molar-refractivity contribution in [3.63, 3.8) is 0 Å². The molecule has 96 valence electrons. The number of nitrogens with one attached hydrogen (secondary N) is 1. The number of likely N-dealkylation sites (N-methyl/N-ethyl adjacent to an activating group) is 1. The molecule has 3 nitrogen and oxygen atoms in total. The fourth-order valence-electron chi connectivity index (χ4n) is 3.11. The Morgan fingerprint density at radius 3 is 2.83 bits per heavy atom. The second-order valence-corrected chi connectivity index (χ2v) is 5.53. The molecule has 0 amide bonds. The smallest absolute Gasteiger partial charge is 0.131 e. The Bertz CT molecular complexity index is 472. The second-order valence-electron chi connectivity index (χ2n) is 5.53. The van der Waals surface area contributed by atoms with Crippen LogP contribution in [0, 0.1) is 0 Å². The van der Waals surface area contributed by atoms with Gasteiger partial charge in [-0.15, -0.1) is 0 Å². The summed E-state index contributed by atoms with van der Waals surface area (Å²) in [6.45, 7) is 5.39. The van der Waals surface area contributed by atoms with E-state index in [0.717, 1.165) is 25.5 Å². The molecule has 0 bridgehead atoms. The van der Waals surface area contributed by atoms with Gasteiger partial charge in [-0.1, -0.05) is 24.3 Å². The Hall–Kier alpha value is -1.35. The van der Waals surface area contributed by atoms with E-state index in [0.29, 0.717) is 0 Å². The van der Waals surface area contributed by atoms with Crippen LogP contribution in [0.4, 0.5) is 0 Å². The van der Waals surface area contributed by atoms with E-state index in [1.807, 2.05) is 0 Å². The minimum atomic E-state index is 0.114. The summed E-state index contributed by atoms with van der Waals surface area (Å²) in [7, 11) is 2.13. The van der Waals surface area contributed by atoms with Gasteiger partial charge in [0.1, 0.15) is 5.84 Å². The summed E-state index contributed by atoms with van der Waals surface area (Å²) in [6, 6.07) is 8.72. The van der Waals surface area contributed by atoms with Gasteiger partial charge in [-0.3, -0.25) is 4.99 Å². The molecule has 0 aromatic heterocycles. The van der Waals surface area contributed by atoms with Crippen LogP contribution in [-0.2, 0) is 5.54 Å². The summed E-state index contributed by atoms with van der Waals surface area (Å²) in [5.41, 5.74) is 2.81. The highest BCUT2D eigenvalue weighted by atomic mass is 15.2. The topological polar surface area (TPSA) is 27.6 Å². The maximum Gasteiger partial charge on any atom is 0.131 e. The van der Waals surface area contributed by atoms with Crippen LogP contribution < -0.4 is 5.32 Å². The van der Waals surface area contributed by atoms with Crippen LogP contribution in [0.25, 0.3) is 0 Å². The summed E-state index contributed by atoms with van der Waals surface area (Å²) in [5.74, 6) is 1.15. The molecule has 1 unspecified atom stereocenters. The summed E-state index contributed by atoms with van der Waals surface area (Å²) >= 11 is 0. The first-order valence-electron chi connectivity index (χ1n) is 6.81. The van der Waals surface area contributed by atoms with Crippen molar-refractivity contribution in [1.29, 1.82) is 0 Å². The van der Waals surface area contributed by atoms with E-state index in [-0.39, 0.29) is 5.54 Å².